The molecule has 0 aliphatic carbocycles. The van der Waals surface area contributed by atoms with Gasteiger partial charge in [-0.25, -0.2) is 4.68 Å². The molecular formula is C11H11N3O. The summed E-state index contributed by atoms with van der Waals surface area (Å²) in [7, 11) is 0. The summed E-state index contributed by atoms with van der Waals surface area (Å²) in [5.41, 5.74) is 1.49. The maximum absolute atomic E-state index is 11.4. The summed E-state index contributed by atoms with van der Waals surface area (Å²) >= 11 is 0. The summed E-state index contributed by atoms with van der Waals surface area (Å²) in [4.78, 5) is 15.4. The third-order valence-corrected chi connectivity index (χ3v) is 2.14. The molecule has 76 valence electrons. The molecule has 0 aliphatic heterocycles. The van der Waals surface area contributed by atoms with E-state index < -0.39 is 0 Å². The number of nitrogens with zero attached hydrogens (tertiary/aromatic N) is 3. The molecule has 0 aliphatic rings. The van der Waals surface area contributed by atoms with Gasteiger partial charge in [-0.15, -0.1) is 0 Å². The van der Waals surface area contributed by atoms with Gasteiger partial charge in [0.15, 0.2) is 5.78 Å². The second-order valence-corrected chi connectivity index (χ2v) is 3.16. The van der Waals surface area contributed by atoms with Crippen LogP contribution < -0.4 is 0 Å². The number of hydrogen-bond donors (Lipinski definition) is 0. The van der Waals surface area contributed by atoms with E-state index in [1.165, 1.54) is 0 Å². The van der Waals surface area contributed by atoms with E-state index in [0.29, 0.717) is 12.0 Å². The largest absolute Gasteiger partial charge is 0.294 e. The van der Waals surface area contributed by atoms with Crippen molar-refractivity contribution in [1.82, 2.24) is 14.8 Å². The fourth-order valence-electron chi connectivity index (χ4n) is 1.30. The molecule has 0 N–H and O–H groups in total. The first kappa shape index (κ1) is 9.58. The van der Waals surface area contributed by atoms with Crippen LogP contribution in [0.2, 0.25) is 0 Å². The Kier molecular flexibility index (Phi) is 2.58. The molecule has 0 saturated carbocycles. The van der Waals surface area contributed by atoms with Crippen molar-refractivity contribution in [3.63, 3.8) is 0 Å². The van der Waals surface area contributed by atoms with Crippen LogP contribution in [0, 0.1) is 0 Å². The van der Waals surface area contributed by atoms with E-state index in [0.717, 1.165) is 5.69 Å². The van der Waals surface area contributed by atoms with E-state index in [1.54, 1.807) is 29.5 Å². The summed E-state index contributed by atoms with van der Waals surface area (Å²) in [5.74, 6) is 0.102. The van der Waals surface area contributed by atoms with Crippen molar-refractivity contribution in [2.45, 2.75) is 13.3 Å². The number of carbonyl (C=O) groups excluding carboxylic acids is 1. The van der Waals surface area contributed by atoms with Crippen LogP contribution in [0.1, 0.15) is 23.7 Å². The van der Waals surface area contributed by atoms with Gasteiger partial charge in [-0.3, -0.25) is 9.78 Å². The lowest BCUT2D eigenvalue weighted by Crippen LogP contribution is -1.96. The fraction of sp³-hybridized carbons (Fsp3) is 0.182. The van der Waals surface area contributed by atoms with Gasteiger partial charge in [-0.2, -0.15) is 5.10 Å². The molecule has 0 amide bonds. The van der Waals surface area contributed by atoms with E-state index in [9.17, 15) is 4.79 Å². The predicted octanol–water partition coefficient (Wildman–Crippen LogP) is 1.86. The van der Waals surface area contributed by atoms with E-state index in [1.807, 2.05) is 19.1 Å². The Balaban J connectivity index is 2.32. The number of carbonyl (C=O) groups is 1. The van der Waals surface area contributed by atoms with Crippen LogP contribution in [-0.2, 0) is 0 Å². The molecule has 2 aromatic rings. The number of hydrogen-bond acceptors (Lipinski definition) is 3. The lowest BCUT2D eigenvalue weighted by molar-refractivity contribution is 0.0988. The zero-order valence-corrected chi connectivity index (χ0v) is 8.42. The molecule has 0 radical (unpaired) electrons. The van der Waals surface area contributed by atoms with Crippen LogP contribution >= 0.6 is 0 Å². The van der Waals surface area contributed by atoms with Gasteiger partial charge in [-0.05, 0) is 12.1 Å². The van der Waals surface area contributed by atoms with Crippen molar-refractivity contribution in [2.75, 3.05) is 0 Å². The molecule has 0 atom stereocenters. The summed E-state index contributed by atoms with van der Waals surface area (Å²) < 4.78 is 1.65. The zero-order valence-electron chi connectivity index (χ0n) is 8.42. The second kappa shape index (κ2) is 4.04. The van der Waals surface area contributed by atoms with Gasteiger partial charge < -0.3 is 0 Å². The quantitative estimate of drug-likeness (QED) is 0.712. The smallest absolute Gasteiger partial charge is 0.165 e. The normalized spacial score (nSPS) is 10.2. The standard InChI is InChI=1S/C11H11N3O/c1-2-11(15)9-6-13-14(8-9)10-4-3-5-12-7-10/h3-8H,2H2,1H3. The Morgan fingerprint density at radius 1 is 1.47 bits per heavy atom. The molecule has 4 nitrogen and oxygen atoms in total. The number of aromatic nitrogens is 3. The molecule has 2 heterocycles. The minimum absolute atomic E-state index is 0.102. The van der Waals surface area contributed by atoms with Crippen molar-refractivity contribution in [3.8, 4) is 5.69 Å². The first-order valence-electron chi connectivity index (χ1n) is 4.79. The Bertz CT molecular complexity index is 462. The summed E-state index contributed by atoms with van der Waals surface area (Å²) in [5, 5.41) is 4.11. The Morgan fingerprint density at radius 2 is 2.33 bits per heavy atom. The van der Waals surface area contributed by atoms with Crippen molar-refractivity contribution in [3.05, 3.63) is 42.5 Å². The lowest BCUT2D eigenvalue weighted by atomic mass is 10.2. The van der Waals surface area contributed by atoms with Gasteiger partial charge in [0.25, 0.3) is 0 Å². The highest BCUT2D eigenvalue weighted by Crippen LogP contribution is 2.07. The zero-order chi connectivity index (χ0) is 10.7. The first-order chi connectivity index (χ1) is 7.31. The maximum Gasteiger partial charge on any atom is 0.165 e. The molecule has 0 spiro atoms. The molecule has 0 unspecified atom stereocenters. The molecule has 0 saturated heterocycles. The van der Waals surface area contributed by atoms with Crippen LogP contribution in [0.5, 0.6) is 0 Å². The second-order valence-electron chi connectivity index (χ2n) is 3.16. The molecule has 2 rings (SSSR count). The molecule has 0 fully saturated rings. The van der Waals surface area contributed by atoms with Crippen LogP contribution in [0.15, 0.2) is 36.9 Å². The number of rotatable bonds is 3. The minimum atomic E-state index is 0.102. The van der Waals surface area contributed by atoms with Crippen LogP contribution in [0.25, 0.3) is 5.69 Å². The predicted molar refractivity (Wildman–Crippen MR) is 56.0 cm³/mol. The van der Waals surface area contributed by atoms with Gasteiger partial charge in [0, 0.05) is 18.8 Å². The molecule has 4 heteroatoms. The van der Waals surface area contributed by atoms with Gasteiger partial charge in [0.1, 0.15) is 0 Å². The van der Waals surface area contributed by atoms with Crippen LogP contribution in [-0.4, -0.2) is 20.5 Å². The average molecular weight is 201 g/mol. The van der Waals surface area contributed by atoms with Gasteiger partial charge in [0.2, 0.25) is 0 Å². The summed E-state index contributed by atoms with van der Waals surface area (Å²) in [6.45, 7) is 1.84. The monoisotopic (exact) mass is 201 g/mol. The molecule has 15 heavy (non-hydrogen) atoms. The highest BCUT2D eigenvalue weighted by atomic mass is 16.1. The third-order valence-electron chi connectivity index (χ3n) is 2.14. The van der Waals surface area contributed by atoms with E-state index in [2.05, 4.69) is 10.1 Å². The van der Waals surface area contributed by atoms with E-state index in [-0.39, 0.29) is 5.78 Å². The number of Topliss-reactive ketones (excluding diaryl/α,β-unsaturated/α-hetero) is 1. The lowest BCUT2D eigenvalue weighted by Gasteiger charge is -1.97. The van der Waals surface area contributed by atoms with Crippen molar-refractivity contribution >= 4 is 5.78 Å². The van der Waals surface area contributed by atoms with Gasteiger partial charge in [-0.1, -0.05) is 6.92 Å². The Hall–Kier alpha value is -1.97. The minimum Gasteiger partial charge on any atom is -0.294 e. The molecule has 2 aromatic heterocycles. The molecular weight excluding hydrogens is 190 g/mol. The summed E-state index contributed by atoms with van der Waals surface area (Å²) in [6.07, 6.45) is 7.21. The van der Waals surface area contributed by atoms with Crippen molar-refractivity contribution in [2.24, 2.45) is 0 Å². The third kappa shape index (κ3) is 1.93. The highest BCUT2D eigenvalue weighted by Gasteiger charge is 2.06. The van der Waals surface area contributed by atoms with Crippen molar-refractivity contribution in [1.29, 1.82) is 0 Å². The summed E-state index contributed by atoms with van der Waals surface area (Å²) in [6, 6.07) is 3.72. The fourth-order valence-corrected chi connectivity index (χ4v) is 1.30. The SMILES string of the molecule is CCC(=O)c1cnn(-c2cccnc2)c1. The Labute approximate surface area is 87.6 Å². The highest BCUT2D eigenvalue weighted by molar-refractivity contribution is 5.95. The van der Waals surface area contributed by atoms with Gasteiger partial charge >= 0.3 is 0 Å². The molecule has 0 aromatic carbocycles. The average Bonchev–Trinajstić information content (AvgIpc) is 2.78. The van der Waals surface area contributed by atoms with E-state index in [4.69, 9.17) is 0 Å². The van der Waals surface area contributed by atoms with Crippen molar-refractivity contribution < 1.29 is 4.79 Å². The van der Waals surface area contributed by atoms with Crippen LogP contribution in [0.4, 0.5) is 0 Å². The number of pyridine rings is 1. The van der Waals surface area contributed by atoms with Gasteiger partial charge in [0.05, 0.1) is 23.6 Å². The molecule has 0 bridgehead atoms. The van der Waals surface area contributed by atoms with E-state index >= 15 is 0 Å². The maximum atomic E-state index is 11.4. The number of ketones is 1. The topological polar surface area (TPSA) is 47.8 Å². The van der Waals surface area contributed by atoms with Crippen LogP contribution in [0.3, 0.4) is 0 Å². The first-order valence-corrected chi connectivity index (χ1v) is 4.79. The Morgan fingerprint density at radius 3 is 3.00 bits per heavy atom.